The molecule has 1 aliphatic rings. The molecule has 1 fully saturated rings. The van der Waals surface area contributed by atoms with Crippen LogP contribution in [0.5, 0.6) is 0 Å². The number of piperazine rings is 1. The molecule has 1 aliphatic heterocycles. The molecular weight excluding hydrogens is 410 g/mol. The monoisotopic (exact) mass is 439 g/mol. The Bertz CT molecular complexity index is 883. The van der Waals surface area contributed by atoms with Gasteiger partial charge in [0.15, 0.2) is 0 Å². The summed E-state index contributed by atoms with van der Waals surface area (Å²) >= 11 is 0. The number of hydrogen-bond donors (Lipinski definition) is 2. The van der Waals surface area contributed by atoms with Crippen molar-refractivity contribution < 1.29 is 19.1 Å². The fourth-order valence-corrected chi connectivity index (χ4v) is 3.39. The van der Waals surface area contributed by atoms with Crippen LogP contribution in [-0.4, -0.2) is 66.1 Å². The quantitative estimate of drug-likeness (QED) is 0.607. The summed E-state index contributed by atoms with van der Waals surface area (Å²) in [5.74, 6) is 0. The Labute approximate surface area is 187 Å². The van der Waals surface area contributed by atoms with Crippen LogP contribution in [0.15, 0.2) is 54.6 Å². The maximum absolute atomic E-state index is 12.5. The first-order valence-electron chi connectivity index (χ1n) is 10.6. The van der Waals surface area contributed by atoms with E-state index >= 15 is 0 Å². The van der Waals surface area contributed by atoms with Gasteiger partial charge >= 0.3 is 12.1 Å². The summed E-state index contributed by atoms with van der Waals surface area (Å²) in [6.45, 7) is 2.64. The summed E-state index contributed by atoms with van der Waals surface area (Å²) in [7, 11) is 0. The van der Waals surface area contributed by atoms with Crippen molar-refractivity contribution in [2.75, 3.05) is 32.7 Å². The zero-order valence-corrected chi connectivity index (χ0v) is 18.0. The minimum atomic E-state index is -0.584. The maximum atomic E-state index is 12.5. The van der Waals surface area contributed by atoms with E-state index in [1.165, 1.54) is 5.01 Å². The van der Waals surface area contributed by atoms with Crippen molar-refractivity contribution in [2.24, 2.45) is 5.73 Å². The van der Waals surface area contributed by atoms with Crippen LogP contribution in [0.3, 0.4) is 0 Å². The summed E-state index contributed by atoms with van der Waals surface area (Å²) in [4.78, 5) is 37.8. The average molecular weight is 440 g/mol. The Morgan fingerprint density at radius 2 is 1.62 bits per heavy atom. The van der Waals surface area contributed by atoms with Crippen molar-refractivity contribution in [2.45, 2.75) is 19.7 Å². The van der Waals surface area contributed by atoms with Gasteiger partial charge in [-0.3, -0.25) is 0 Å². The molecule has 3 N–H and O–H groups in total. The molecular formula is C23H29N5O4. The summed E-state index contributed by atoms with van der Waals surface area (Å²) < 4.78 is 5.36. The highest BCUT2D eigenvalue weighted by Gasteiger charge is 2.28. The minimum absolute atomic E-state index is 0.0986. The van der Waals surface area contributed by atoms with Gasteiger partial charge in [0, 0.05) is 39.3 Å². The van der Waals surface area contributed by atoms with Crippen molar-refractivity contribution in [3.05, 3.63) is 71.3 Å². The van der Waals surface area contributed by atoms with Gasteiger partial charge < -0.3 is 25.5 Å². The number of nitrogens with two attached hydrogens (primary N) is 1. The van der Waals surface area contributed by atoms with E-state index in [0.717, 1.165) is 16.7 Å². The predicted octanol–water partition coefficient (Wildman–Crippen LogP) is 1.73. The lowest BCUT2D eigenvalue weighted by Crippen LogP contribution is -2.58. The number of urea groups is 1. The first-order chi connectivity index (χ1) is 15.6. The summed E-state index contributed by atoms with van der Waals surface area (Å²) in [6, 6.07) is 17.0. The Kier molecular flexibility index (Phi) is 8.59. The Morgan fingerprint density at radius 1 is 0.969 bits per heavy atom. The fraction of sp³-hybridized carbons (Fsp3) is 0.348. The molecule has 170 valence electrons. The van der Waals surface area contributed by atoms with E-state index < -0.39 is 6.09 Å². The van der Waals surface area contributed by atoms with E-state index in [2.05, 4.69) is 5.32 Å². The second kappa shape index (κ2) is 11.8. The Hall–Kier alpha value is -3.43. The zero-order valence-electron chi connectivity index (χ0n) is 18.0. The van der Waals surface area contributed by atoms with Crippen LogP contribution in [0.1, 0.15) is 16.7 Å². The summed E-state index contributed by atoms with van der Waals surface area (Å²) in [6.07, 6.45) is 0.0819. The molecule has 3 amide bonds. The lowest BCUT2D eigenvalue weighted by atomic mass is 10.1. The van der Waals surface area contributed by atoms with E-state index in [1.807, 2.05) is 54.6 Å². The molecule has 0 unspecified atom stereocenters. The van der Waals surface area contributed by atoms with Gasteiger partial charge in [-0.15, -0.1) is 0 Å². The van der Waals surface area contributed by atoms with Gasteiger partial charge in [0.1, 0.15) is 12.9 Å². The number of aldehydes is 1. The van der Waals surface area contributed by atoms with E-state index in [1.54, 1.807) is 9.91 Å². The fourth-order valence-electron chi connectivity index (χ4n) is 3.39. The molecule has 1 heterocycles. The first kappa shape index (κ1) is 23.2. The molecule has 0 bridgehead atoms. The van der Waals surface area contributed by atoms with Gasteiger partial charge in [-0.25, -0.2) is 19.6 Å². The van der Waals surface area contributed by atoms with Gasteiger partial charge in [-0.1, -0.05) is 54.6 Å². The molecule has 0 aliphatic carbocycles. The van der Waals surface area contributed by atoms with Crippen LogP contribution in [0.2, 0.25) is 0 Å². The van der Waals surface area contributed by atoms with Crippen LogP contribution >= 0.6 is 0 Å². The number of carbonyl (C=O) groups excluding carboxylic acids is 3. The number of rotatable bonds is 8. The standard InChI is InChI=1S/C23H29N5O4/c24-16-19-6-8-20(9-7-19)17-25-22(30)26-10-12-27(13-11-26)28(14-15-29)23(31)32-18-21-4-2-1-3-5-21/h1-9,15H,10-14,16-18,24H2,(H,25,30). The van der Waals surface area contributed by atoms with Crippen LogP contribution in [-0.2, 0) is 29.2 Å². The molecule has 0 radical (unpaired) electrons. The Morgan fingerprint density at radius 3 is 2.25 bits per heavy atom. The smallest absolute Gasteiger partial charge is 0.425 e. The molecule has 3 rings (SSSR count). The topological polar surface area (TPSA) is 108 Å². The van der Waals surface area contributed by atoms with Gasteiger partial charge in [0.2, 0.25) is 0 Å². The van der Waals surface area contributed by atoms with Gasteiger partial charge in [0.05, 0.1) is 6.54 Å². The second-order valence-electron chi connectivity index (χ2n) is 7.41. The molecule has 0 spiro atoms. The normalized spacial score (nSPS) is 14.0. The zero-order chi connectivity index (χ0) is 22.8. The predicted molar refractivity (Wildman–Crippen MR) is 119 cm³/mol. The van der Waals surface area contributed by atoms with Crippen LogP contribution in [0.4, 0.5) is 9.59 Å². The SMILES string of the molecule is NCc1ccc(CNC(=O)N2CCN(N(CC=O)C(=O)OCc3ccccc3)CC2)cc1. The molecule has 0 aromatic heterocycles. The van der Waals surface area contributed by atoms with Crippen LogP contribution in [0, 0.1) is 0 Å². The highest BCUT2D eigenvalue weighted by Crippen LogP contribution is 2.10. The second-order valence-corrected chi connectivity index (χ2v) is 7.41. The number of nitrogens with one attached hydrogen (secondary N) is 1. The van der Waals surface area contributed by atoms with Crippen molar-refractivity contribution in [3.63, 3.8) is 0 Å². The van der Waals surface area contributed by atoms with Crippen molar-refractivity contribution in [3.8, 4) is 0 Å². The van der Waals surface area contributed by atoms with E-state index in [9.17, 15) is 14.4 Å². The molecule has 9 heteroatoms. The maximum Gasteiger partial charge on any atom is 0.425 e. The number of carbonyl (C=O) groups is 3. The van der Waals surface area contributed by atoms with Crippen molar-refractivity contribution in [1.82, 2.24) is 20.2 Å². The van der Waals surface area contributed by atoms with Crippen molar-refractivity contribution in [1.29, 1.82) is 0 Å². The van der Waals surface area contributed by atoms with E-state index in [0.29, 0.717) is 45.6 Å². The van der Waals surface area contributed by atoms with E-state index in [4.69, 9.17) is 10.5 Å². The molecule has 32 heavy (non-hydrogen) atoms. The number of hydrazine groups is 1. The first-order valence-corrected chi connectivity index (χ1v) is 10.6. The molecule has 2 aromatic rings. The highest BCUT2D eigenvalue weighted by molar-refractivity contribution is 5.74. The molecule has 0 saturated carbocycles. The third kappa shape index (κ3) is 6.53. The molecule has 9 nitrogen and oxygen atoms in total. The molecule has 1 saturated heterocycles. The van der Waals surface area contributed by atoms with Gasteiger partial charge in [-0.05, 0) is 16.7 Å². The Balaban J connectivity index is 1.46. The average Bonchev–Trinajstić information content (AvgIpc) is 2.85. The summed E-state index contributed by atoms with van der Waals surface area (Å²) in [5.41, 5.74) is 8.50. The summed E-state index contributed by atoms with van der Waals surface area (Å²) in [5, 5.41) is 5.96. The van der Waals surface area contributed by atoms with Gasteiger partial charge in [-0.2, -0.15) is 0 Å². The molecule has 0 atom stereocenters. The number of hydrogen-bond acceptors (Lipinski definition) is 6. The lowest BCUT2D eigenvalue weighted by Gasteiger charge is -2.39. The lowest BCUT2D eigenvalue weighted by molar-refractivity contribution is -0.114. The third-order valence-corrected chi connectivity index (χ3v) is 5.25. The van der Waals surface area contributed by atoms with Crippen LogP contribution < -0.4 is 11.1 Å². The number of ether oxygens (including phenoxy) is 1. The number of benzene rings is 2. The van der Waals surface area contributed by atoms with Gasteiger partial charge in [0.25, 0.3) is 0 Å². The van der Waals surface area contributed by atoms with E-state index in [-0.39, 0.29) is 19.2 Å². The number of nitrogens with zero attached hydrogens (tertiary/aromatic N) is 3. The van der Waals surface area contributed by atoms with Crippen molar-refractivity contribution >= 4 is 18.4 Å². The van der Waals surface area contributed by atoms with Crippen LogP contribution in [0.25, 0.3) is 0 Å². The number of amides is 3. The highest BCUT2D eigenvalue weighted by atomic mass is 16.6. The third-order valence-electron chi connectivity index (χ3n) is 5.25. The molecule has 2 aromatic carbocycles. The minimum Gasteiger partial charge on any atom is -0.444 e. The largest absolute Gasteiger partial charge is 0.444 e.